The van der Waals surface area contributed by atoms with Crippen LogP contribution in [0.4, 0.5) is 0 Å². The summed E-state index contributed by atoms with van der Waals surface area (Å²) < 4.78 is 0. The van der Waals surface area contributed by atoms with Crippen molar-refractivity contribution in [3.05, 3.63) is 81.8 Å². The first kappa shape index (κ1) is 17.8. The zero-order valence-corrected chi connectivity index (χ0v) is 18.9. The Morgan fingerprint density at radius 2 is 1.23 bits per heavy atom. The Morgan fingerprint density at radius 1 is 0.613 bits per heavy atom. The lowest BCUT2D eigenvalue weighted by Gasteiger charge is -2.50. The third-order valence-corrected chi connectivity index (χ3v) is 10.7. The van der Waals surface area contributed by atoms with Crippen LogP contribution >= 0.6 is 23.2 Å². The predicted molar refractivity (Wildman–Crippen MR) is 128 cm³/mol. The molecule has 5 aliphatic rings. The van der Waals surface area contributed by atoms with Gasteiger partial charge in [-0.25, -0.2) is 0 Å². The van der Waals surface area contributed by atoms with Gasteiger partial charge in [-0.05, 0) is 125 Å². The van der Waals surface area contributed by atoms with Gasteiger partial charge >= 0.3 is 0 Å². The molecule has 0 amide bonds. The fraction of sp³-hybridized carbons (Fsp3) is 0.379. The molecular formula is C29H24Cl2. The minimum absolute atomic E-state index is 0.150. The monoisotopic (exact) mass is 442 g/mol. The Balaban J connectivity index is 1.41. The highest BCUT2D eigenvalue weighted by Crippen LogP contribution is 2.81. The molecule has 0 nitrogen and oxygen atoms in total. The molecule has 154 valence electrons. The lowest BCUT2D eigenvalue weighted by atomic mass is 9.54. The van der Waals surface area contributed by atoms with E-state index in [1.807, 2.05) is 6.07 Å². The van der Waals surface area contributed by atoms with E-state index < -0.39 is 0 Å². The average Bonchev–Trinajstić information content (AvgIpc) is 3.28. The van der Waals surface area contributed by atoms with Gasteiger partial charge < -0.3 is 0 Å². The van der Waals surface area contributed by atoms with Crippen LogP contribution in [0.2, 0.25) is 10.0 Å². The maximum absolute atomic E-state index is 6.64. The quantitative estimate of drug-likeness (QED) is 0.354. The highest BCUT2D eigenvalue weighted by atomic mass is 35.5. The van der Waals surface area contributed by atoms with Gasteiger partial charge in [0.1, 0.15) is 0 Å². The molecule has 8 rings (SSSR count). The van der Waals surface area contributed by atoms with E-state index in [1.165, 1.54) is 59.9 Å². The highest BCUT2D eigenvalue weighted by molar-refractivity contribution is 6.31. The number of hydrogen-bond donors (Lipinski definition) is 0. The molecule has 3 aromatic carbocycles. The van der Waals surface area contributed by atoms with E-state index in [0.717, 1.165) is 33.7 Å². The first-order chi connectivity index (χ1) is 15.1. The zero-order chi connectivity index (χ0) is 20.5. The van der Waals surface area contributed by atoms with Crippen LogP contribution in [0.3, 0.4) is 0 Å². The van der Waals surface area contributed by atoms with Gasteiger partial charge in [0, 0.05) is 15.5 Å². The molecule has 0 aliphatic heterocycles. The number of benzene rings is 3. The van der Waals surface area contributed by atoms with Gasteiger partial charge in [0.2, 0.25) is 0 Å². The van der Waals surface area contributed by atoms with E-state index in [1.54, 1.807) is 5.56 Å². The van der Waals surface area contributed by atoms with Gasteiger partial charge in [0.25, 0.3) is 0 Å². The summed E-state index contributed by atoms with van der Waals surface area (Å²) in [7, 11) is 0. The van der Waals surface area contributed by atoms with Crippen LogP contribution in [-0.4, -0.2) is 0 Å². The van der Waals surface area contributed by atoms with Crippen LogP contribution in [0.25, 0.3) is 22.3 Å². The molecule has 4 atom stereocenters. The van der Waals surface area contributed by atoms with Crippen molar-refractivity contribution in [2.45, 2.75) is 37.5 Å². The summed E-state index contributed by atoms with van der Waals surface area (Å²) in [6.07, 6.45) is 7.21. The molecule has 3 bridgehead atoms. The first-order valence-corrected chi connectivity index (χ1v) is 12.6. The third kappa shape index (κ3) is 1.94. The summed E-state index contributed by atoms with van der Waals surface area (Å²) in [4.78, 5) is 0. The fourth-order valence-electron chi connectivity index (χ4n) is 9.28. The summed E-state index contributed by atoms with van der Waals surface area (Å²) in [6.45, 7) is 0. The summed E-state index contributed by atoms with van der Waals surface area (Å²) >= 11 is 13.0. The van der Waals surface area contributed by atoms with Gasteiger partial charge in [-0.15, -0.1) is 0 Å². The Hall–Kier alpha value is -1.76. The van der Waals surface area contributed by atoms with E-state index in [-0.39, 0.29) is 5.41 Å². The zero-order valence-electron chi connectivity index (χ0n) is 17.4. The van der Waals surface area contributed by atoms with E-state index in [9.17, 15) is 0 Å². The maximum atomic E-state index is 6.64. The predicted octanol–water partition coefficient (Wildman–Crippen LogP) is 8.38. The molecule has 31 heavy (non-hydrogen) atoms. The van der Waals surface area contributed by atoms with Crippen LogP contribution in [0, 0.1) is 29.1 Å². The second-order valence-electron chi connectivity index (χ2n) is 11.0. The van der Waals surface area contributed by atoms with Crippen molar-refractivity contribution in [2.75, 3.05) is 0 Å². The Bertz CT molecular complexity index is 1260. The number of hydrogen-bond acceptors (Lipinski definition) is 0. The van der Waals surface area contributed by atoms with Gasteiger partial charge in [0.05, 0.1) is 0 Å². The van der Waals surface area contributed by atoms with Crippen LogP contribution in [0.5, 0.6) is 0 Å². The SMILES string of the molecule is Clc1cccc(-c2ccc3c(c2)C2(c4cc(Cl)ccc4-3)C3CC4CC5CC2CC45C3)c1. The smallest absolute Gasteiger partial charge is 0.0412 e. The van der Waals surface area contributed by atoms with Crippen LogP contribution in [0.1, 0.15) is 43.2 Å². The average molecular weight is 443 g/mol. The maximum Gasteiger partial charge on any atom is 0.0412 e. The molecule has 0 radical (unpaired) electrons. The van der Waals surface area contributed by atoms with Crippen LogP contribution in [-0.2, 0) is 5.41 Å². The molecule has 5 aliphatic carbocycles. The second kappa shape index (κ2) is 5.59. The molecule has 4 fully saturated rings. The summed E-state index contributed by atoms with van der Waals surface area (Å²) in [5, 5.41) is 1.69. The number of rotatable bonds is 1. The van der Waals surface area contributed by atoms with E-state index in [4.69, 9.17) is 23.2 Å². The standard InChI is InChI=1S/C29H24Cl2/c30-22-3-1-2-16(8-22)17-4-6-24-25-7-5-23(31)13-27(25)29(26(24)9-17)20-11-18-10-19-12-21(29)15-28(18,19)14-20/h1-9,13,18-21H,10-12,14-15H2. The van der Waals surface area contributed by atoms with Gasteiger partial charge in [0.15, 0.2) is 0 Å². The van der Waals surface area contributed by atoms with Crippen molar-refractivity contribution in [1.29, 1.82) is 0 Å². The van der Waals surface area contributed by atoms with E-state index in [0.29, 0.717) is 5.41 Å². The fourth-order valence-corrected chi connectivity index (χ4v) is 9.65. The van der Waals surface area contributed by atoms with Crippen molar-refractivity contribution < 1.29 is 0 Å². The number of fused-ring (bicyclic) bond motifs is 9. The molecule has 2 heteroatoms. The molecule has 0 N–H and O–H groups in total. The second-order valence-corrected chi connectivity index (χ2v) is 11.8. The number of halogens is 2. The van der Waals surface area contributed by atoms with Crippen molar-refractivity contribution in [3.8, 4) is 22.3 Å². The first-order valence-electron chi connectivity index (χ1n) is 11.8. The van der Waals surface area contributed by atoms with Gasteiger partial charge in [-0.2, -0.15) is 0 Å². The Labute approximate surface area is 193 Å². The van der Waals surface area contributed by atoms with Crippen molar-refractivity contribution in [2.24, 2.45) is 29.1 Å². The third-order valence-electron chi connectivity index (χ3n) is 10.2. The van der Waals surface area contributed by atoms with E-state index >= 15 is 0 Å². The summed E-state index contributed by atoms with van der Waals surface area (Å²) in [5.74, 6) is 3.48. The Morgan fingerprint density at radius 3 is 1.97 bits per heavy atom. The molecular weight excluding hydrogens is 419 g/mol. The van der Waals surface area contributed by atoms with Crippen LogP contribution < -0.4 is 0 Å². The summed E-state index contributed by atoms with van der Waals surface area (Å²) in [5.41, 5.74) is 9.33. The Kier molecular flexibility index (Phi) is 3.20. The minimum atomic E-state index is 0.150. The molecule has 0 aromatic heterocycles. The molecule has 2 spiro atoms. The molecule has 4 unspecified atom stereocenters. The minimum Gasteiger partial charge on any atom is -0.0843 e. The largest absolute Gasteiger partial charge is 0.0843 e. The molecule has 0 saturated heterocycles. The van der Waals surface area contributed by atoms with E-state index in [2.05, 4.69) is 54.6 Å². The molecule has 0 heterocycles. The van der Waals surface area contributed by atoms with Crippen LogP contribution in [0.15, 0.2) is 60.7 Å². The lowest BCUT2D eigenvalue weighted by molar-refractivity contribution is -0.00187. The highest BCUT2D eigenvalue weighted by Gasteiger charge is 2.74. The summed E-state index contributed by atoms with van der Waals surface area (Å²) in [6, 6.07) is 22.2. The normalized spacial score (nSPS) is 37.6. The van der Waals surface area contributed by atoms with Gasteiger partial charge in [-0.3, -0.25) is 0 Å². The van der Waals surface area contributed by atoms with Crippen molar-refractivity contribution in [1.82, 2.24) is 0 Å². The van der Waals surface area contributed by atoms with Gasteiger partial charge in [-0.1, -0.05) is 53.5 Å². The lowest BCUT2D eigenvalue weighted by Crippen LogP contribution is -2.44. The topological polar surface area (TPSA) is 0 Å². The van der Waals surface area contributed by atoms with Crippen molar-refractivity contribution in [3.63, 3.8) is 0 Å². The van der Waals surface area contributed by atoms with Crippen molar-refractivity contribution >= 4 is 23.2 Å². The molecule has 3 aromatic rings. The molecule has 4 saturated carbocycles.